The van der Waals surface area contributed by atoms with Crippen LogP contribution in [0.3, 0.4) is 0 Å². The molecule has 0 aliphatic rings. The van der Waals surface area contributed by atoms with E-state index in [0.29, 0.717) is 5.56 Å². The van der Waals surface area contributed by atoms with Gasteiger partial charge in [0.05, 0.1) is 21.4 Å². The third-order valence-electron chi connectivity index (χ3n) is 4.50. The average Bonchev–Trinajstić information content (AvgIpc) is 3.31. The number of rotatable bonds is 6. The highest BCUT2D eigenvalue weighted by atomic mass is 35.5. The molecule has 4 rings (SSSR count). The quantitative estimate of drug-likeness (QED) is 0.390. The molecule has 10 heteroatoms. The van der Waals surface area contributed by atoms with Crippen molar-refractivity contribution in [3.63, 3.8) is 0 Å². The third-order valence-corrected chi connectivity index (χ3v) is 6.67. The molecule has 3 aromatic carbocycles. The largest absolute Gasteiger partial charge is 0.322 e. The second-order valence-corrected chi connectivity index (χ2v) is 9.15. The molecular formula is C22H16Cl2N4O3S. The molecule has 0 bridgehead atoms. The zero-order valence-corrected chi connectivity index (χ0v) is 18.7. The van der Waals surface area contributed by atoms with Gasteiger partial charge in [-0.1, -0.05) is 35.3 Å². The second-order valence-electron chi connectivity index (χ2n) is 6.68. The van der Waals surface area contributed by atoms with E-state index < -0.39 is 15.9 Å². The Morgan fingerprint density at radius 1 is 0.906 bits per heavy atom. The zero-order chi connectivity index (χ0) is 22.7. The molecular weight excluding hydrogens is 471 g/mol. The first-order valence-electron chi connectivity index (χ1n) is 9.32. The van der Waals surface area contributed by atoms with Crippen LogP contribution in [0.25, 0.3) is 5.69 Å². The van der Waals surface area contributed by atoms with E-state index in [1.165, 1.54) is 24.3 Å². The maximum atomic E-state index is 12.9. The fraction of sp³-hybridized carbons (Fsp3) is 0. The highest BCUT2D eigenvalue weighted by Gasteiger charge is 2.20. The predicted molar refractivity (Wildman–Crippen MR) is 125 cm³/mol. The molecule has 2 N–H and O–H groups in total. The number of para-hydroxylation sites is 1. The van der Waals surface area contributed by atoms with Crippen molar-refractivity contribution in [1.29, 1.82) is 0 Å². The van der Waals surface area contributed by atoms with Gasteiger partial charge in [0.2, 0.25) is 0 Å². The Morgan fingerprint density at radius 2 is 1.66 bits per heavy atom. The van der Waals surface area contributed by atoms with Crippen molar-refractivity contribution in [3.05, 3.63) is 101 Å². The highest BCUT2D eigenvalue weighted by molar-refractivity contribution is 7.92. The first kappa shape index (κ1) is 21.9. The van der Waals surface area contributed by atoms with Crippen LogP contribution >= 0.6 is 23.2 Å². The van der Waals surface area contributed by atoms with Gasteiger partial charge in [0.15, 0.2) is 0 Å². The summed E-state index contributed by atoms with van der Waals surface area (Å²) in [5.74, 6) is -0.401. The number of hydrogen-bond acceptors (Lipinski definition) is 4. The summed E-state index contributed by atoms with van der Waals surface area (Å²) >= 11 is 12.2. The molecule has 0 unspecified atom stereocenters. The van der Waals surface area contributed by atoms with E-state index in [2.05, 4.69) is 15.1 Å². The molecule has 32 heavy (non-hydrogen) atoms. The van der Waals surface area contributed by atoms with Gasteiger partial charge in [-0.2, -0.15) is 5.10 Å². The normalized spacial score (nSPS) is 11.2. The van der Waals surface area contributed by atoms with Crippen LogP contribution in [-0.2, 0) is 10.0 Å². The standard InChI is InChI=1S/C22H16Cl2N4O3S/c23-18-4-1-2-5-20(18)27-32(30,31)21-14-16(8-11-19(21)24)26-22(29)15-6-9-17(10-7-15)28-13-3-12-25-28/h1-14,27H,(H,26,29). The molecule has 0 atom stereocenters. The molecule has 1 aromatic heterocycles. The zero-order valence-electron chi connectivity index (χ0n) is 16.4. The second kappa shape index (κ2) is 9.04. The van der Waals surface area contributed by atoms with Crippen LogP contribution in [0.15, 0.2) is 90.1 Å². The number of hydrogen-bond donors (Lipinski definition) is 2. The summed E-state index contributed by atoms with van der Waals surface area (Å²) in [4.78, 5) is 12.5. The van der Waals surface area contributed by atoms with Crippen LogP contribution in [0.1, 0.15) is 10.4 Å². The summed E-state index contributed by atoms with van der Waals surface area (Å²) < 4.78 is 29.8. The number of nitrogens with one attached hydrogen (secondary N) is 2. The Kier molecular flexibility index (Phi) is 6.18. The molecule has 162 valence electrons. The monoisotopic (exact) mass is 486 g/mol. The van der Waals surface area contributed by atoms with Crippen molar-refractivity contribution in [1.82, 2.24) is 9.78 Å². The number of carbonyl (C=O) groups is 1. The lowest BCUT2D eigenvalue weighted by atomic mass is 10.2. The van der Waals surface area contributed by atoms with Gasteiger partial charge in [-0.15, -0.1) is 0 Å². The van der Waals surface area contributed by atoms with Crippen molar-refractivity contribution in [2.75, 3.05) is 10.0 Å². The number of nitrogens with zero attached hydrogens (tertiary/aromatic N) is 2. The fourth-order valence-corrected chi connectivity index (χ4v) is 4.77. The van der Waals surface area contributed by atoms with Crippen molar-refractivity contribution in [2.24, 2.45) is 0 Å². The van der Waals surface area contributed by atoms with Gasteiger partial charge in [0.1, 0.15) is 4.90 Å². The Labute approximate surface area is 194 Å². The summed E-state index contributed by atoms with van der Waals surface area (Å²) in [5.41, 5.74) is 1.69. The molecule has 0 spiro atoms. The molecule has 1 heterocycles. The van der Waals surface area contributed by atoms with E-state index >= 15 is 0 Å². The molecule has 0 radical (unpaired) electrons. The number of anilines is 2. The van der Waals surface area contributed by atoms with Crippen LogP contribution in [0.2, 0.25) is 10.0 Å². The molecule has 0 aliphatic carbocycles. The molecule has 0 saturated heterocycles. The van der Waals surface area contributed by atoms with Crippen LogP contribution in [-0.4, -0.2) is 24.1 Å². The first-order chi connectivity index (χ1) is 15.3. The summed E-state index contributed by atoms with van der Waals surface area (Å²) in [5, 5.41) is 7.08. The topological polar surface area (TPSA) is 93.1 Å². The van der Waals surface area contributed by atoms with Crippen molar-refractivity contribution < 1.29 is 13.2 Å². The van der Waals surface area contributed by atoms with Crippen LogP contribution in [0.5, 0.6) is 0 Å². The van der Waals surface area contributed by atoms with Gasteiger partial charge < -0.3 is 5.32 Å². The summed E-state index contributed by atoms with van der Waals surface area (Å²) in [7, 11) is -4.05. The Balaban J connectivity index is 1.54. The Hall–Kier alpha value is -3.33. The van der Waals surface area contributed by atoms with E-state index in [9.17, 15) is 13.2 Å². The number of benzene rings is 3. The highest BCUT2D eigenvalue weighted by Crippen LogP contribution is 2.29. The summed E-state index contributed by atoms with van der Waals surface area (Å²) in [6.07, 6.45) is 3.45. The van der Waals surface area contributed by atoms with Gasteiger partial charge in [-0.05, 0) is 60.7 Å². The van der Waals surface area contributed by atoms with E-state index in [0.717, 1.165) is 5.69 Å². The Bertz CT molecular complexity index is 1370. The van der Waals surface area contributed by atoms with Crippen molar-refractivity contribution in [3.8, 4) is 5.69 Å². The average molecular weight is 487 g/mol. The van der Waals surface area contributed by atoms with Crippen LogP contribution in [0.4, 0.5) is 11.4 Å². The smallest absolute Gasteiger partial charge is 0.263 e. The van der Waals surface area contributed by atoms with Crippen LogP contribution < -0.4 is 10.0 Å². The number of amides is 1. The van der Waals surface area contributed by atoms with E-state index in [1.807, 2.05) is 0 Å². The van der Waals surface area contributed by atoms with Gasteiger partial charge in [-0.25, -0.2) is 13.1 Å². The lowest BCUT2D eigenvalue weighted by molar-refractivity contribution is 0.102. The number of sulfonamides is 1. The summed E-state index contributed by atoms with van der Waals surface area (Å²) in [6.45, 7) is 0. The maximum Gasteiger partial charge on any atom is 0.263 e. The minimum atomic E-state index is -4.05. The minimum Gasteiger partial charge on any atom is -0.322 e. The fourth-order valence-electron chi connectivity index (χ4n) is 2.92. The van der Waals surface area contributed by atoms with Crippen molar-refractivity contribution >= 4 is 50.5 Å². The van der Waals surface area contributed by atoms with Crippen molar-refractivity contribution in [2.45, 2.75) is 4.90 Å². The predicted octanol–water partition coefficient (Wildman–Crippen LogP) is 5.23. The molecule has 0 fully saturated rings. The van der Waals surface area contributed by atoms with Gasteiger partial charge in [0.25, 0.3) is 15.9 Å². The Morgan fingerprint density at radius 3 is 2.34 bits per heavy atom. The molecule has 0 aliphatic heterocycles. The van der Waals surface area contributed by atoms with Gasteiger partial charge >= 0.3 is 0 Å². The maximum absolute atomic E-state index is 12.9. The molecule has 7 nitrogen and oxygen atoms in total. The first-order valence-corrected chi connectivity index (χ1v) is 11.6. The van der Waals surface area contributed by atoms with E-state index in [1.54, 1.807) is 65.6 Å². The SMILES string of the molecule is O=C(Nc1ccc(Cl)c(S(=O)(=O)Nc2ccccc2Cl)c1)c1ccc(-n2cccn2)cc1. The minimum absolute atomic E-state index is 0.00567. The number of carbonyl (C=O) groups excluding carboxylic acids is 1. The third kappa shape index (κ3) is 4.77. The lowest BCUT2D eigenvalue weighted by Crippen LogP contribution is -2.16. The summed E-state index contributed by atoms with van der Waals surface area (Å²) in [6, 6.07) is 19.3. The molecule has 1 amide bonds. The van der Waals surface area contributed by atoms with Crippen LogP contribution in [0, 0.1) is 0 Å². The lowest BCUT2D eigenvalue weighted by Gasteiger charge is -2.13. The van der Waals surface area contributed by atoms with Gasteiger partial charge in [-0.3, -0.25) is 9.52 Å². The van der Waals surface area contributed by atoms with E-state index in [4.69, 9.17) is 23.2 Å². The molecule has 4 aromatic rings. The van der Waals surface area contributed by atoms with E-state index in [-0.39, 0.29) is 26.3 Å². The molecule has 0 saturated carbocycles. The number of halogens is 2. The van der Waals surface area contributed by atoms with Gasteiger partial charge in [0, 0.05) is 23.6 Å². The number of aromatic nitrogens is 2.